The van der Waals surface area contributed by atoms with Crippen LogP contribution in [-0.4, -0.2) is 94.6 Å². The number of carbonyl (C=O) groups excluding carboxylic acids is 1. The third kappa shape index (κ3) is 3.45. The zero-order valence-electron chi connectivity index (χ0n) is 20.0. The van der Waals surface area contributed by atoms with Gasteiger partial charge in [-0.25, -0.2) is 4.79 Å². The van der Waals surface area contributed by atoms with Crippen LogP contribution in [0, 0.1) is 0 Å². The number of likely N-dealkylation sites (N-methyl/N-ethyl adjacent to an activating group) is 1. The van der Waals surface area contributed by atoms with Crippen molar-refractivity contribution in [2.24, 2.45) is 0 Å². The minimum absolute atomic E-state index is 0.0471. The molecule has 34 heavy (non-hydrogen) atoms. The lowest BCUT2D eigenvalue weighted by molar-refractivity contribution is -0.170. The van der Waals surface area contributed by atoms with Crippen LogP contribution < -0.4 is 9.47 Å². The maximum Gasteiger partial charge on any atom is 0.337 e. The van der Waals surface area contributed by atoms with Gasteiger partial charge in [0.2, 0.25) is 0 Å². The molecule has 5 rings (SSSR count). The molecule has 0 radical (unpaired) electrons. The van der Waals surface area contributed by atoms with E-state index >= 15 is 0 Å². The molecular weight excluding hydrogens is 442 g/mol. The molecule has 0 amide bonds. The van der Waals surface area contributed by atoms with E-state index in [0.717, 1.165) is 24.1 Å². The molecular formula is C25H33NO8. The maximum absolute atomic E-state index is 12.6. The molecule has 1 aromatic carbocycles. The first-order chi connectivity index (χ1) is 16.5. The molecule has 1 aromatic rings. The van der Waals surface area contributed by atoms with Crippen molar-refractivity contribution < 1.29 is 38.3 Å². The van der Waals surface area contributed by atoms with E-state index < -0.39 is 23.1 Å². The Kier molecular flexibility index (Phi) is 6.32. The van der Waals surface area contributed by atoms with Crippen molar-refractivity contribution in [2.75, 3.05) is 60.8 Å². The van der Waals surface area contributed by atoms with Crippen molar-refractivity contribution in [1.82, 2.24) is 4.90 Å². The number of rotatable bonds is 10. The van der Waals surface area contributed by atoms with Crippen LogP contribution in [0.2, 0.25) is 0 Å². The van der Waals surface area contributed by atoms with Crippen molar-refractivity contribution >= 4 is 5.97 Å². The largest absolute Gasteiger partial charge is 0.493 e. The molecule has 1 N–H and O–H groups in total. The van der Waals surface area contributed by atoms with Gasteiger partial charge in [-0.3, -0.25) is 0 Å². The van der Waals surface area contributed by atoms with Gasteiger partial charge in [0.1, 0.15) is 12.4 Å². The Morgan fingerprint density at radius 1 is 1.21 bits per heavy atom. The smallest absolute Gasteiger partial charge is 0.337 e. The molecule has 4 aliphatic rings. The molecule has 0 aromatic heterocycles. The fourth-order valence-corrected chi connectivity index (χ4v) is 6.27. The Morgan fingerprint density at radius 3 is 2.79 bits per heavy atom. The average Bonchev–Trinajstić information content (AvgIpc) is 3.18. The zero-order chi connectivity index (χ0) is 23.9. The van der Waals surface area contributed by atoms with Crippen molar-refractivity contribution in [3.63, 3.8) is 0 Å². The number of benzene rings is 1. The van der Waals surface area contributed by atoms with Gasteiger partial charge in [-0.15, -0.1) is 0 Å². The normalized spacial score (nSPS) is 30.9. The number of methoxy groups -OCH3 is 2. The molecule has 9 nitrogen and oxygen atoms in total. The minimum atomic E-state index is -1.03. The van der Waals surface area contributed by atoms with Crippen LogP contribution in [0.1, 0.15) is 24.0 Å². The summed E-state index contributed by atoms with van der Waals surface area (Å²) >= 11 is 0. The van der Waals surface area contributed by atoms with Gasteiger partial charge < -0.3 is 38.4 Å². The number of nitrogens with zero attached hydrogens (tertiary/aromatic N) is 1. The molecule has 0 saturated carbocycles. The summed E-state index contributed by atoms with van der Waals surface area (Å²) in [4.78, 5) is 14.8. The number of aliphatic hydroxyl groups is 1. The molecule has 186 valence electrons. The van der Waals surface area contributed by atoms with Gasteiger partial charge in [-0.05, 0) is 44.1 Å². The summed E-state index contributed by atoms with van der Waals surface area (Å²) in [6, 6.07) is 3.94. The molecule has 9 heteroatoms. The SMILES string of the molecule is COCCOCCOCC(=O)OC1=CC[C@@]2(O)[C@H]3Cc4ccc(OC)c5c4[C@@]2(CCN3C)[C@H]1O5. The predicted molar refractivity (Wildman–Crippen MR) is 121 cm³/mol. The summed E-state index contributed by atoms with van der Waals surface area (Å²) in [7, 11) is 5.28. The number of esters is 1. The summed E-state index contributed by atoms with van der Waals surface area (Å²) in [6.45, 7) is 2.26. The highest BCUT2D eigenvalue weighted by atomic mass is 16.6. The van der Waals surface area contributed by atoms with Gasteiger partial charge in [0.05, 0.1) is 44.6 Å². The molecule has 2 aliphatic heterocycles. The Balaban J connectivity index is 1.36. The molecule has 1 fully saturated rings. The number of ether oxygens (including phenoxy) is 6. The third-order valence-corrected chi connectivity index (χ3v) is 7.81. The van der Waals surface area contributed by atoms with Crippen molar-refractivity contribution in [3.05, 3.63) is 35.1 Å². The third-order valence-electron chi connectivity index (χ3n) is 7.81. The predicted octanol–water partition coefficient (Wildman–Crippen LogP) is 1.20. The van der Waals surface area contributed by atoms with Crippen LogP contribution >= 0.6 is 0 Å². The van der Waals surface area contributed by atoms with Gasteiger partial charge in [-0.2, -0.15) is 0 Å². The van der Waals surface area contributed by atoms with Gasteiger partial charge in [0.25, 0.3) is 0 Å². The van der Waals surface area contributed by atoms with Crippen molar-refractivity contribution in [3.8, 4) is 11.5 Å². The second-order valence-corrected chi connectivity index (χ2v) is 9.42. The highest BCUT2D eigenvalue weighted by molar-refractivity contribution is 5.73. The van der Waals surface area contributed by atoms with Crippen LogP contribution in [0.5, 0.6) is 11.5 Å². The zero-order valence-corrected chi connectivity index (χ0v) is 20.0. The highest BCUT2D eigenvalue weighted by Gasteiger charge is 2.72. The number of hydrogen-bond donors (Lipinski definition) is 1. The van der Waals surface area contributed by atoms with Crippen LogP contribution in [0.4, 0.5) is 0 Å². The summed E-state index contributed by atoms with van der Waals surface area (Å²) in [6.07, 6.45) is 3.02. The Labute approximate surface area is 199 Å². The summed E-state index contributed by atoms with van der Waals surface area (Å²) < 4.78 is 33.5. The van der Waals surface area contributed by atoms with Crippen LogP contribution in [0.3, 0.4) is 0 Å². The van der Waals surface area contributed by atoms with Gasteiger partial charge >= 0.3 is 5.97 Å². The Bertz CT molecular complexity index is 980. The molecule has 1 saturated heterocycles. The molecule has 2 heterocycles. The first-order valence-corrected chi connectivity index (χ1v) is 11.8. The molecule has 2 bridgehead atoms. The first-order valence-electron chi connectivity index (χ1n) is 11.8. The van der Waals surface area contributed by atoms with E-state index in [1.807, 2.05) is 12.1 Å². The second kappa shape index (κ2) is 9.13. The quantitative estimate of drug-likeness (QED) is 0.396. The van der Waals surface area contributed by atoms with Gasteiger partial charge in [0.15, 0.2) is 17.6 Å². The van der Waals surface area contributed by atoms with E-state index in [4.69, 9.17) is 28.4 Å². The summed E-state index contributed by atoms with van der Waals surface area (Å²) in [5.74, 6) is 1.21. The van der Waals surface area contributed by atoms with Crippen LogP contribution in [-0.2, 0) is 35.6 Å². The Hall–Kier alpha value is -2.17. The standard InChI is InChI=1S/C25H33NO8/c1-26-9-8-24-21-16-4-5-17(30-3)22(21)34-23(24)18(6-7-25(24,28)19(26)14-16)33-20(27)15-32-13-12-31-11-10-29-2/h4-6,19,23,28H,7-15H2,1-3H3/t19-,23+,24+,25-/m1/s1. The number of likely N-dealkylation sites (tertiary alicyclic amines) is 1. The number of hydrogen-bond acceptors (Lipinski definition) is 9. The lowest BCUT2D eigenvalue weighted by Gasteiger charge is -2.61. The molecule has 0 unspecified atom stereocenters. The van der Waals surface area contributed by atoms with E-state index in [1.54, 1.807) is 14.2 Å². The number of carbonyl (C=O) groups is 1. The fourth-order valence-electron chi connectivity index (χ4n) is 6.27. The molecule has 1 spiro atoms. The van der Waals surface area contributed by atoms with Crippen molar-refractivity contribution in [2.45, 2.75) is 42.4 Å². The Morgan fingerprint density at radius 2 is 2.00 bits per heavy atom. The average molecular weight is 476 g/mol. The number of piperidine rings is 1. The lowest BCUT2D eigenvalue weighted by atomic mass is 9.50. The van der Waals surface area contributed by atoms with Crippen molar-refractivity contribution in [1.29, 1.82) is 0 Å². The molecule has 2 aliphatic carbocycles. The van der Waals surface area contributed by atoms with Crippen LogP contribution in [0.25, 0.3) is 0 Å². The lowest BCUT2D eigenvalue weighted by Crippen LogP contribution is -2.74. The van der Waals surface area contributed by atoms with E-state index in [-0.39, 0.29) is 19.3 Å². The summed E-state index contributed by atoms with van der Waals surface area (Å²) in [5, 5.41) is 12.2. The highest BCUT2D eigenvalue weighted by Crippen LogP contribution is 2.65. The van der Waals surface area contributed by atoms with E-state index in [1.165, 1.54) is 0 Å². The fraction of sp³-hybridized carbons (Fsp3) is 0.640. The van der Waals surface area contributed by atoms with Gasteiger partial charge in [-0.1, -0.05) is 6.07 Å². The van der Waals surface area contributed by atoms with E-state index in [9.17, 15) is 9.90 Å². The summed E-state index contributed by atoms with van der Waals surface area (Å²) in [5.41, 5.74) is 0.447. The first kappa shape index (κ1) is 23.6. The molecule has 4 atom stereocenters. The second-order valence-electron chi connectivity index (χ2n) is 9.42. The van der Waals surface area contributed by atoms with Crippen LogP contribution in [0.15, 0.2) is 24.0 Å². The van der Waals surface area contributed by atoms with Gasteiger partial charge in [0, 0.05) is 25.1 Å². The van der Waals surface area contributed by atoms with E-state index in [2.05, 4.69) is 18.0 Å². The monoisotopic (exact) mass is 475 g/mol. The van der Waals surface area contributed by atoms with E-state index in [0.29, 0.717) is 49.9 Å². The topological polar surface area (TPSA) is 95.9 Å². The maximum atomic E-state index is 12.6. The minimum Gasteiger partial charge on any atom is -0.493 e.